The van der Waals surface area contributed by atoms with Gasteiger partial charge in [-0.05, 0) is 17.7 Å². The molecular weight excluding hydrogens is 248 g/mol. The summed E-state index contributed by atoms with van der Waals surface area (Å²) in [6.45, 7) is 0.193. The van der Waals surface area contributed by atoms with Crippen LogP contribution in [0.3, 0.4) is 0 Å². The van der Waals surface area contributed by atoms with Crippen molar-refractivity contribution in [2.24, 2.45) is 5.73 Å². The minimum atomic E-state index is -0.460. The second kappa shape index (κ2) is 6.84. The minimum Gasteiger partial charge on any atom is -0.493 e. The van der Waals surface area contributed by atoms with Gasteiger partial charge in [0, 0.05) is 13.6 Å². The number of benzene rings is 1. The third-order valence-corrected chi connectivity index (χ3v) is 2.89. The van der Waals surface area contributed by atoms with Crippen molar-refractivity contribution in [2.45, 2.75) is 5.92 Å². The Morgan fingerprint density at radius 3 is 2.05 bits per heavy atom. The smallest absolute Gasteiger partial charge is 0.228 e. The Morgan fingerprint density at radius 1 is 1.21 bits per heavy atom. The van der Waals surface area contributed by atoms with Gasteiger partial charge in [-0.3, -0.25) is 4.79 Å². The first-order chi connectivity index (χ1) is 9.12. The molecule has 6 nitrogen and oxygen atoms in total. The van der Waals surface area contributed by atoms with Crippen LogP contribution in [-0.4, -0.2) is 40.8 Å². The van der Waals surface area contributed by atoms with Gasteiger partial charge in [0.25, 0.3) is 0 Å². The fraction of sp³-hybridized carbons (Fsp3) is 0.462. The van der Waals surface area contributed by atoms with Crippen molar-refractivity contribution in [1.82, 2.24) is 5.32 Å². The molecule has 0 aliphatic carbocycles. The third-order valence-electron chi connectivity index (χ3n) is 2.89. The van der Waals surface area contributed by atoms with E-state index in [4.69, 9.17) is 19.9 Å². The molecule has 1 aromatic rings. The largest absolute Gasteiger partial charge is 0.493 e. The minimum absolute atomic E-state index is 0.156. The van der Waals surface area contributed by atoms with Crippen LogP contribution < -0.4 is 25.3 Å². The molecule has 1 atom stereocenters. The molecule has 0 aromatic heterocycles. The van der Waals surface area contributed by atoms with Crippen LogP contribution in [0.15, 0.2) is 12.1 Å². The first kappa shape index (κ1) is 15.1. The van der Waals surface area contributed by atoms with Crippen molar-refractivity contribution in [1.29, 1.82) is 0 Å². The number of nitrogens with one attached hydrogen (secondary N) is 1. The highest BCUT2D eigenvalue weighted by molar-refractivity contribution is 5.84. The molecule has 0 saturated carbocycles. The standard InChI is InChI=1S/C13H20N2O4/c1-15-13(16)9(7-14)8-5-10(17-2)12(19-4)11(6-8)18-3/h5-6,9H,7,14H2,1-4H3,(H,15,16). The molecule has 0 aliphatic rings. The van der Waals surface area contributed by atoms with Gasteiger partial charge in [-0.1, -0.05) is 0 Å². The fourth-order valence-corrected chi connectivity index (χ4v) is 1.87. The van der Waals surface area contributed by atoms with E-state index in [1.165, 1.54) is 21.3 Å². The number of amides is 1. The lowest BCUT2D eigenvalue weighted by Crippen LogP contribution is -2.30. The highest BCUT2D eigenvalue weighted by Gasteiger charge is 2.22. The SMILES string of the molecule is CNC(=O)C(CN)c1cc(OC)c(OC)c(OC)c1. The second-order valence-corrected chi connectivity index (χ2v) is 3.86. The summed E-state index contributed by atoms with van der Waals surface area (Å²) in [5.74, 6) is 0.871. The van der Waals surface area contributed by atoms with Crippen molar-refractivity contribution >= 4 is 5.91 Å². The number of rotatable bonds is 6. The van der Waals surface area contributed by atoms with Crippen molar-refractivity contribution in [3.63, 3.8) is 0 Å². The van der Waals surface area contributed by atoms with E-state index in [9.17, 15) is 4.79 Å². The Labute approximate surface area is 112 Å². The van der Waals surface area contributed by atoms with Crippen LogP contribution in [0.25, 0.3) is 0 Å². The Bertz CT molecular complexity index is 423. The number of hydrogen-bond acceptors (Lipinski definition) is 5. The molecule has 1 unspecified atom stereocenters. The normalized spacial score (nSPS) is 11.6. The molecule has 0 spiro atoms. The Hall–Kier alpha value is -1.95. The second-order valence-electron chi connectivity index (χ2n) is 3.86. The van der Waals surface area contributed by atoms with Gasteiger partial charge in [0.05, 0.1) is 27.2 Å². The zero-order valence-corrected chi connectivity index (χ0v) is 11.6. The van der Waals surface area contributed by atoms with Gasteiger partial charge in [0.15, 0.2) is 11.5 Å². The van der Waals surface area contributed by atoms with Crippen LogP contribution in [-0.2, 0) is 4.79 Å². The molecule has 1 aromatic carbocycles. The molecule has 1 amide bonds. The molecule has 6 heteroatoms. The van der Waals surface area contributed by atoms with Crippen molar-refractivity contribution in [3.05, 3.63) is 17.7 Å². The number of carbonyl (C=O) groups is 1. The lowest BCUT2D eigenvalue weighted by molar-refractivity contribution is -0.121. The quantitative estimate of drug-likeness (QED) is 0.785. The summed E-state index contributed by atoms with van der Waals surface area (Å²) in [4.78, 5) is 11.8. The number of ether oxygens (including phenoxy) is 3. The Kier molecular flexibility index (Phi) is 5.44. The van der Waals surface area contributed by atoms with E-state index >= 15 is 0 Å². The summed E-state index contributed by atoms with van der Waals surface area (Å²) in [5.41, 5.74) is 6.38. The molecule has 0 radical (unpaired) electrons. The summed E-state index contributed by atoms with van der Waals surface area (Å²) >= 11 is 0. The summed E-state index contributed by atoms with van der Waals surface area (Å²) < 4.78 is 15.7. The van der Waals surface area contributed by atoms with Crippen LogP contribution in [0.2, 0.25) is 0 Å². The molecule has 3 N–H and O–H groups in total. The molecule has 0 fully saturated rings. The van der Waals surface area contributed by atoms with Crippen LogP contribution in [0, 0.1) is 0 Å². The summed E-state index contributed by atoms with van der Waals surface area (Å²) in [7, 11) is 6.15. The maximum Gasteiger partial charge on any atom is 0.228 e. The van der Waals surface area contributed by atoms with Crippen LogP contribution in [0.4, 0.5) is 0 Å². The average Bonchev–Trinajstić information content (AvgIpc) is 2.46. The molecule has 0 bridgehead atoms. The molecule has 0 heterocycles. The zero-order valence-electron chi connectivity index (χ0n) is 11.6. The number of carbonyl (C=O) groups excluding carboxylic acids is 1. The van der Waals surface area contributed by atoms with Crippen molar-refractivity contribution in [3.8, 4) is 17.2 Å². The van der Waals surface area contributed by atoms with E-state index in [-0.39, 0.29) is 12.5 Å². The number of likely N-dealkylation sites (N-methyl/N-ethyl adjacent to an activating group) is 1. The van der Waals surface area contributed by atoms with E-state index < -0.39 is 5.92 Å². The van der Waals surface area contributed by atoms with Gasteiger partial charge >= 0.3 is 0 Å². The Morgan fingerprint density at radius 2 is 1.74 bits per heavy atom. The van der Waals surface area contributed by atoms with Crippen molar-refractivity contribution < 1.29 is 19.0 Å². The zero-order chi connectivity index (χ0) is 14.4. The van der Waals surface area contributed by atoms with E-state index in [1.54, 1.807) is 19.2 Å². The van der Waals surface area contributed by atoms with Gasteiger partial charge < -0.3 is 25.3 Å². The van der Waals surface area contributed by atoms with Crippen LogP contribution in [0.1, 0.15) is 11.5 Å². The van der Waals surface area contributed by atoms with Gasteiger partial charge in [-0.25, -0.2) is 0 Å². The Balaban J connectivity index is 3.32. The van der Waals surface area contributed by atoms with E-state index in [0.29, 0.717) is 17.2 Å². The average molecular weight is 268 g/mol. The highest BCUT2D eigenvalue weighted by atomic mass is 16.5. The van der Waals surface area contributed by atoms with Gasteiger partial charge in [0.1, 0.15) is 0 Å². The first-order valence-corrected chi connectivity index (χ1v) is 5.84. The summed E-state index contributed by atoms with van der Waals surface area (Å²) in [5, 5.41) is 2.59. The lowest BCUT2D eigenvalue weighted by atomic mass is 9.97. The summed E-state index contributed by atoms with van der Waals surface area (Å²) in [6.07, 6.45) is 0. The van der Waals surface area contributed by atoms with Crippen LogP contribution in [0.5, 0.6) is 17.2 Å². The van der Waals surface area contributed by atoms with Crippen LogP contribution >= 0.6 is 0 Å². The van der Waals surface area contributed by atoms with Gasteiger partial charge in [-0.15, -0.1) is 0 Å². The first-order valence-electron chi connectivity index (χ1n) is 5.84. The predicted octanol–water partition coefficient (Wildman–Crippen LogP) is 0.501. The van der Waals surface area contributed by atoms with Gasteiger partial charge in [-0.2, -0.15) is 0 Å². The summed E-state index contributed by atoms with van der Waals surface area (Å²) in [6, 6.07) is 3.46. The number of methoxy groups -OCH3 is 3. The van der Waals surface area contributed by atoms with E-state index in [0.717, 1.165) is 5.56 Å². The maximum absolute atomic E-state index is 11.8. The number of hydrogen-bond donors (Lipinski definition) is 2. The van der Waals surface area contributed by atoms with Crippen molar-refractivity contribution in [2.75, 3.05) is 34.9 Å². The monoisotopic (exact) mass is 268 g/mol. The fourth-order valence-electron chi connectivity index (χ4n) is 1.87. The number of nitrogens with two attached hydrogens (primary N) is 1. The molecule has 106 valence electrons. The molecule has 1 rings (SSSR count). The third kappa shape index (κ3) is 3.08. The van der Waals surface area contributed by atoms with E-state index in [1.807, 2.05) is 0 Å². The molecular formula is C13H20N2O4. The molecule has 0 aliphatic heterocycles. The van der Waals surface area contributed by atoms with Gasteiger partial charge in [0.2, 0.25) is 11.7 Å². The highest BCUT2D eigenvalue weighted by Crippen LogP contribution is 2.39. The topological polar surface area (TPSA) is 82.8 Å². The maximum atomic E-state index is 11.8. The predicted molar refractivity (Wildman–Crippen MR) is 72.0 cm³/mol. The van der Waals surface area contributed by atoms with E-state index in [2.05, 4.69) is 5.32 Å². The molecule has 19 heavy (non-hydrogen) atoms. The lowest BCUT2D eigenvalue weighted by Gasteiger charge is -2.18. The molecule has 0 saturated heterocycles.